The van der Waals surface area contributed by atoms with Crippen molar-refractivity contribution in [1.82, 2.24) is 0 Å². The summed E-state index contributed by atoms with van der Waals surface area (Å²) in [5.74, 6) is 0. The van der Waals surface area contributed by atoms with Crippen LogP contribution in [0.15, 0.2) is 0 Å². The summed E-state index contributed by atoms with van der Waals surface area (Å²) in [7, 11) is 0. The average molecular weight is 542 g/mol. The van der Waals surface area contributed by atoms with E-state index < -0.39 is 60.6 Å². The molecule has 0 atom stereocenters. The molecule has 0 saturated carbocycles. The number of halogens is 20. The van der Waals surface area contributed by atoms with Crippen LogP contribution in [0.25, 0.3) is 0 Å². The molecule has 0 bridgehead atoms. The van der Waals surface area contributed by atoms with E-state index in [1.807, 2.05) is 8.37 Å². The van der Waals surface area contributed by atoms with Crippen LogP contribution in [0.4, 0.5) is 88.4 Å². The van der Waals surface area contributed by atoms with E-state index in [2.05, 4.69) is 0 Å². The lowest BCUT2D eigenvalue weighted by Gasteiger charge is -2.39. The minimum absolute atomic E-state index is 0. The molecule has 0 heterocycles. The van der Waals surface area contributed by atoms with Crippen LogP contribution in [0.5, 0.6) is 0 Å². The highest BCUT2D eigenvalue weighted by Gasteiger charge is 2.88. The van der Waals surface area contributed by atoms with Crippen molar-refractivity contribution in [2.45, 2.75) is 48.3 Å². The molecule has 0 aromatic carbocycles. The summed E-state index contributed by atoms with van der Waals surface area (Å²) in [6, 6.07) is 0. The van der Waals surface area contributed by atoms with E-state index in [9.17, 15) is 79.0 Å². The van der Waals surface area contributed by atoms with Crippen molar-refractivity contribution in [2.75, 3.05) is 0 Å². The summed E-state index contributed by atoms with van der Waals surface area (Å²) in [6.07, 6.45) is -46.0. The second-order valence-corrected chi connectivity index (χ2v) is 5.05. The van der Waals surface area contributed by atoms with Gasteiger partial charge in [-0.2, -0.15) is 79.0 Å². The molecule has 0 aromatic heterocycles. The maximum atomic E-state index is 12.4. The molecule has 0 saturated heterocycles. The first kappa shape index (κ1) is 34.5. The van der Waals surface area contributed by atoms with Crippen LogP contribution in [0.3, 0.4) is 0 Å². The first-order valence-corrected chi connectivity index (χ1v) is 6.31. The summed E-state index contributed by atoms with van der Waals surface area (Å²) in [6.45, 7) is 0. The Labute approximate surface area is 158 Å². The SMILES string of the molecule is F.F.FC(F)(F)C(OSOC(C(F)(F)F)(C(F)(F)F)C(F)(F)F)(C(F)(F)F)C(F)(F)F. The third-order valence-corrected chi connectivity index (χ3v) is 3.35. The van der Waals surface area contributed by atoms with Gasteiger partial charge in [0.1, 0.15) is 0 Å². The molecule has 0 aromatic rings. The molecular formula is C8H2F20O2S. The molecule has 31 heavy (non-hydrogen) atoms. The average Bonchev–Trinajstić information content (AvgIpc) is 2.27. The number of hydrogen-bond donors (Lipinski definition) is 0. The highest BCUT2D eigenvalue weighted by Crippen LogP contribution is 2.60. The van der Waals surface area contributed by atoms with E-state index in [0.29, 0.717) is 0 Å². The van der Waals surface area contributed by atoms with E-state index in [1.54, 1.807) is 0 Å². The van der Waals surface area contributed by atoms with Crippen LogP contribution >= 0.6 is 12.3 Å². The highest BCUT2D eigenvalue weighted by atomic mass is 32.2. The summed E-state index contributed by atoms with van der Waals surface area (Å²) in [4.78, 5) is 0. The normalized spacial score (nSPS) is 15.3. The Balaban J connectivity index is -0.00000392. The summed E-state index contributed by atoms with van der Waals surface area (Å²) in [5.41, 5.74) is -15.0. The van der Waals surface area contributed by atoms with E-state index in [0.717, 1.165) is 0 Å². The van der Waals surface area contributed by atoms with Crippen molar-refractivity contribution >= 4 is 12.3 Å². The molecule has 0 N–H and O–H groups in total. The van der Waals surface area contributed by atoms with E-state index >= 15 is 0 Å². The van der Waals surface area contributed by atoms with E-state index in [-0.39, 0.29) is 9.41 Å². The van der Waals surface area contributed by atoms with Gasteiger partial charge in [0.15, 0.2) is 12.3 Å². The van der Waals surface area contributed by atoms with Crippen LogP contribution in [0.1, 0.15) is 0 Å². The van der Waals surface area contributed by atoms with Crippen LogP contribution in [-0.2, 0) is 8.37 Å². The van der Waals surface area contributed by atoms with Gasteiger partial charge in [0.05, 0.1) is 0 Å². The molecule has 23 heteroatoms. The predicted octanol–water partition coefficient (Wildman–Crippen LogP) is 6.74. The zero-order valence-corrected chi connectivity index (χ0v) is 13.7. The van der Waals surface area contributed by atoms with E-state index in [1.165, 1.54) is 0 Å². The first-order chi connectivity index (χ1) is 12.2. The van der Waals surface area contributed by atoms with Crippen molar-refractivity contribution in [1.29, 1.82) is 0 Å². The standard InChI is InChI=1S/C8F18O2S.2FH/c9-3(10,11)1(4(12,13)14,5(15,16)17)27-29-28-2(6(18,19)20,7(21,22)23)8(24,25)26;;/h;2*1H. The monoisotopic (exact) mass is 542 g/mol. The quantitative estimate of drug-likeness (QED) is 0.290. The Morgan fingerprint density at radius 3 is 0.548 bits per heavy atom. The fourth-order valence-corrected chi connectivity index (χ4v) is 2.17. The van der Waals surface area contributed by atoms with Crippen molar-refractivity contribution in [2.24, 2.45) is 0 Å². The smallest absolute Gasteiger partial charge is 0.269 e. The number of alkyl halides is 18. The second-order valence-electron chi connectivity index (χ2n) is 4.58. The Hall–Kier alpha value is -1.13. The highest BCUT2D eigenvalue weighted by molar-refractivity contribution is 7.89. The molecular weight excluding hydrogens is 540 g/mol. The molecule has 0 amide bonds. The van der Waals surface area contributed by atoms with Gasteiger partial charge >= 0.3 is 48.3 Å². The van der Waals surface area contributed by atoms with Gasteiger partial charge in [-0.1, -0.05) is 0 Å². The second kappa shape index (κ2) is 9.02. The van der Waals surface area contributed by atoms with Crippen molar-refractivity contribution in [3.8, 4) is 0 Å². The van der Waals surface area contributed by atoms with Crippen molar-refractivity contribution in [3.05, 3.63) is 0 Å². The predicted molar refractivity (Wildman–Crippen MR) is 56.6 cm³/mol. The van der Waals surface area contributed by atoms with Crippen LogP contribution in [0, 0.1) is 0 Å². The molecule has 0 aliphatic rings. The Morgan fingerprint density at radius 1 is 0.323 bits per heavy atom. The van der Waals surface area contributed by atoms with Crippen LogP contribution in [0.2, 0.25) is 0 Å². The maximum Gasteiger partial charge on any atom is 0.437 e. The Kier molecular flexibility index (Phi) is 10.0. The third-order valence-electron chi connectivity index (χ3n) is 2.71. The fourth-order valence-electron chi connectivity index (χ4n) is 1.37. The molecule has 0 aliphatic heterocycles. The van der Waals surface area contributed by atoms with Gasteiger partial charge < -0.3 is 0 Å². The minimum atomic E-state index is -7.67. The molecule has 0 aliphatic carbocycles. The van der Waals surface area contributed by atoms with Gasteiger partial charge in [-0.15, -0.1) is 0 Å². The Bertz CT molecular complexity index is 437. The summed E-state index contributed by atoms with van der Waals surface area (Å²) >= 11 is -3.09. The maximum absolute atomic E-state index is 12.4. The van der Waals surface area contributed by atoms with E-state index in [4.69, 9.17) is 0 Å². The molecule has 0 fully saturated rings. The molecule has 192 valence electrons. The van der Waals surface area contributed by atoms with Crippen molar-refractivity contribution < 1.29 is 96.8 Å². The molecule has 0 unspecified atom stereocenters. The Morgan fingerprint density at radius 2 is 0.452 bits per heavy atom. The summed E-state index contributed by atoms with van der Waals surface area (Å²) in [5, 5.41) is 0. The molecule has 2 nitrogen and oxygen atoms in total. The third kappa shape index (κ3) is 5.63. The number of rotatable bonds is 4. The minimum Gasteiger partial charge on any atom is -0.269 e. The first-order valence-electron chi connectivity index (χ1n) is 5.64. The lowest BCUT2D eigenvalue weighted by Crippen LogP contribution is -2.68. The van der Waals surface area contributed by atoms with Crippen LogP contribution < -0.4 is 0 Å². The van der Waals surface area contributed by atoms with Gasteiger partial charge in [0, 0.05) is 0 Å². The van der Waals surface area contributed by atoms with Crippen molar-refractivity contribution in [3.63, 3.8) is 0 Å². The van der Waals surface area contributed by atoms with Gasteiger partial charge in [-0.05, 0) is 0 Å². The largest absolute Gasteiger partial charge is 0.437 e. The zero-order chi connectivity index (χ0) is 24.1. The zero-order valence-electron chi connectivity index (χ0n) is 12.8. The fraction of sp³-hybridized carbons (Fsp3) is 1.00. The lowest BCUT2D eigenvalue weighted by atomic mass is 10.0. The summed E-state index contributed by atoms with van der Waals surface area (Å²) < 4.78 is 227. The van der Waals surface area contributed by atoms with Crippen LogP contribution in [-0.4, -0.2) is 48.3 Å². The number of hydrogen-bond acceptors (Lipinski definition) is 3. The molecule has 0 radical (unpaired) electrons. The van der Waals surface area contributed by atoms with Gasteiger partial charge in [-0.3, -0.25) is 17.8 Å². The topological polar surface area (TPSA) is 18.5 Å². The molecule has 0 rings (SSSR count). The van der Waals surface area contributed by atoms with Gasteiger partial charge in [-0.25, -0.2) is 0 Å². The molecule has 0 spiro atoms. The van der Waals surface area contributed by atoms with Gasteiger partial charge in [0.25, 0.3) is 0 Å². The lowest BCUT2D eigenvalue weighted by molar-refractivity contribution is -0.444. The van der Waals surface area contributed by atoms with Gasteiger partial charge in [0.2, 0.25) is 0 Å².